The molecule has 0 spiro atoms. The number of rotatable bonds is 2. The zero-order valence-electron chi connectivity index (χ0n) is 14.0. The Hall–Kier alpha value is -2.41. The second kappa shape index (κ2) is 6.29. The number of aliphatic hydroxyl groups is 2. The summed E-state index contributed by atoms with van der Waals surface area (Å²) in [5, 5.41) is 37.3. The smallest absolute Gasteiger partial charge is 0.430 e. The lowest BCUT2D eigenvalue weighted by atomic mass is 9.87. The Balaban J connectivity index is 2.85. The minimum absolute atomic E-state index is 0.0295. The van der Waals surface area contributed by atoms with Crippen LogP contribution in [-0.2, 0) is 11.2 Å². The van der Waals surface area contributed by atoms with Crippen LogP contribution in [0.3, 0.4) is 0 Å². The lowest BCUT2D eigenvalue weighted by Crippen LogP contribution is -2.53. The van der Waals surface area contributed by atoms with Crippen molar-refractivity contribution in [2.24, 2.45) is 0 Å². The maximum absolute atomic E-state index is 13.0. The van der Waals surface area contributed by atoms with Gasteiger partial charge >= 0.3 is 18.5 Å². The van der Waals surface area contributed by atoms with Gasteiger partial charge in [0.15, 0.2) is 5.60 Å². The first-order valence-corrected chi connectivity index (χ1v) is 7.41. The largest absolute Gasteiger partial charge is 0.508 e. The van der Waals surface area contributed by atoms with E-state index < -0.39 is 63.1 Å². The molecule has 2 aromatic carbocycles. The van der Waals surface area contributed by atoms with Gasteiger partial charge in [0.05, 0.1) is 0 Å². The molecule has 0 amide bonds. The maximum Gasteiger partial charge on any atom is 0.430 e. The number of hydrogen-bond acceptors (Lipinski definition) is 4. The highest BCUT2D eigenvalue weighted by molar-refractivity contribution is 5.92. The van der Waals surface area contributed by atoms with Gasteiger partial charge in [-0.1, -0.05) is 12.1 Å². The Morgan fingerprint density at radius 3 is 1.59 bits per heavy atom. The van der Waals surface area contributed by atoms with E-state index in [1.54, 1.807) is 0 Å². The fourth-order valence-electron chi connectivity index (χ4n) is 2.65. The van der Waals surface area contributed by atoms with Crippen molar-refractivity contribution in [2.75, 3.05) is 0 Å². The third kappa shape index (κ3) is 3.31. The van der Waals surface area contributed by atoms with E-state index >= 15 is 0 Å². The molecule has 2 rings (SSSR count). The first-order valence-electron chi connectivity index (χ1n) is 7.41. The number of phenols is 2. The topological polar surface area (TPSA) is 80.9 Å². The molecular formula is C16H11F9O4. The van der Waals surface area contributed by atoms with Crippen LogP contribution in [0.25, 0.3) is 10.8 Å². The number of benzene rings is 2. The highest BCUT2D eigenvalue weighted by Gasteiger charge is 2.72. The molecule has 0 saturated heterocycles. The number of alkyl halides is 9. The predicted octanol–water partition coefficient (Wildman–Crippen LogP) is 4.33. The van der Waals surface area contributed by atoms with Crippen molar-refractivity contribution in [3.8, 4) is 11.5 Å². The van der Waals surface area contributed by atoms with Gasteiger partial charge in [0.2, 0.25) is 0 Å². The van der Waals surface area contributed by atoms with Crippen LogP contribution < -0.4 is 0 Å². The van der Waals surface area contributed by atoms with Crippen LogP contribution in [-0.4, -0.2) is 39.0 Å². The maximum atomic E-state index is 13.0. The Kier molecular flexibility index (Phi) is 4.96. The fourth-order valence-corrected chi connectivity index (χ4v) is 2.65. The van der Waals surface area contributed by atoms with Crippen molar-refractivity contribution >= 4 is 10.8 Å². The van der Waals surface area contributed by atoms with Crippen molar-refractivity contribution < 1.29 is 59.9 Å². The fraction of sp³-hybridized carbons (Fsp3) is 0.375. The van der Waals surface area contributed by atoms with Gasteiger partial charge in [-0.3, -0.25) is 0 Å². The molecule has 0 fully saturated rings. The molecule has 1 unspecified atom stereocenters. The van der Waals surface area contributed by atoms with Crippen LogP contribution in [0.4, 0.5) is 39.5 Å². The van der Waals surface area contributed by atoms with E-state index in [0.717, 1.165) is 0 Å². The van der Waals surface area contributed by atoms with E-state index in [0.29, 0.717) is 12.1 Å². The van der Waals surface area contributed by atoms with E-state index in [1.807, 2.05) is 0 Å². The van der Waals surface area contributed by atoms with Crippen molar-refractivity contribution in [3.05, 3.63) is 35.4 Å². The number of phenolic OH excluding ortho intramolecular Hbond substituents is 2. The highest BCUT2D eigenvalue weighted by Crippen LogP contribution is 2.54. The predicted molar refractivity (Wildman–Crippen MR) is 78.9 cm³/mol. The monoisotopic (exact) mass is 438 g/mol. The summed E-state index contributed by atoms with van der Waals surface area (Å²) in [5.41, 5.74) is -12.3. The SMILES string of the molecule is CC(O)(c1cc2ccc(C(O)(C(F)(F)F)C(F)(F)F)c(O)c2cc1O)C(F)(F)F. The van der Waals surface area contributed by atoms with Crippen LogP contribution in [0.5, 0.6) is 11.5 Å². The Labute approximate surface area is 155 Å². The van der Waals surface area contributed by atoms with Gasteiger partial charge in [-0.25, -0.2) is 0 Å². The van der Waals surface area contributed by atoms with Gasteiger partial charge in [0.25, 0.3) is 5.60 Å². The summed E-state index contributed by atoms with van der Waals surface area (Å²) < 4.78 is 117. The number of halogens is 9. The standard InChI is InChI=1S/C16H11F9O4/c1-12(28,14(17,18)19)9-4-6-2-3-8(11(27)7(6)5-10(9)26)13(29,15(20,21)22)16(23,24)25/h2-5,26-29H,1H3. The molecule has 0 heterocycles. The molecule has 0 bridgehead atoms. The van der Waals surface area contributed by atoms with Gasteiger partial charge in [0, 0.05) is 16.5 Å². The zero-order chi connectivity index (χ0) is 22.8. The Bertz CT molecular complexity index is 929. The Morgan fingerprint density at radius 1 is 0.690 bits per heavy atom. The van der Waals surface area contributed by atoms with Gasteiger partial charge in [-0.05, 0) is 24.4 Å². The van der Waals surface area contributed by atoms with Crippen LogP contribution in [0, 0.1) is 0 Å². The summed E-state index contributed by atoms with van der Waals surface area (Å²) in [6.45, 7) is 0.258. The van der Waals surface area contributed by atoms with E-state index in [9.17, 15) is 59.9 Å². The molecule has 0 aliphatic rings. The Morgan fingerprint density at radius 2 is 1.17 bits per heavy atom. The van der Waals surface area contributed by atoms with Gasteiger partial charge in [0.1, 0.15) is 11.5 Å². The summed E-state index contributed by atoms with van der Waals surface area (Å²) in [7, 11) is 0. The quantitative estimate of drug-likeness (QED) is 0.527. The molecule has 4 N–H and O–H groups in total. The molecule has 0 radical (unpaired) electrons. The summed E-state index contributed by atoms with van der Waals surface area (Å²) in [6, 6.07) is 1.17. The number of fused-ring (bicyclic) bond motifs is 1. The van der Waals surface area contributed by atoms with Gasteiger partial charge < -0.3 is 20.4 Å². The lowest BCUT2D eigenvalue weighted by Gasteiger charge is -2.33. The number of aromatic hydroxyl groups is 2. The van der Waals surface area contributed by atoms with Crippen LogP contribution in [0.15, 0.2) is 24.3 Å². The molecule has 0 aliphatic carbocycles. The van der Waals surface area contributed by atoms with E-state index in [-0.39, 0.29) is 19.1 Å². The van der Waals surface area contributed by atoms with Gasteiger partial charge in [-0.2, -0.15) is 39.5 Å². The molecule has 162 valence electrons. The number of hydrogen-bond donors (Lipinski definition) is 4. The van der Waals surface area contributed by atoms with E-state index in [4.69, 9.17) is 0 Å². The molecule has 0 saturated carbocycles. The zero-order valence-corrected chi connectivity index (χ0v) is 14.0. The van der Waals surface area contributed by atoms with Crippen molar-refractivity contribution in [2.45, 2.75) is 36.7 Å². The molecule has 0 aliphatic heterocycles. The molecule has 4 nitrogen and oxygen atoms in total. The molecular weight excluding hydrogens is 427 g/mol. The van der Waals surface area contributed by atoms with Crippen molar-refractivity contribution in [1.29, 1.82) is 0 Å². The molecule has 1 atom stereocenters. The molecule has 2 aromatic rings. The molecule has 29 heavy (non-hydrogen) atoms. The normalized spacial score (nSPS) is 16.1. The van der Waals surface area contributed by atoms with Crippen LogP contribution in [0.2, 0.25) is 0 Å². The lowest BCUT2D eigenvalue weighted by molar-refractivity contribution is -0.376. The highest BCUT2D eigenvalue weighted by atomic mass is 19.4. The average Bonchev–Trinajstić information content (AvgIpc) is 2.51. The molecule has 13 heteroatoms. The molecule has 0 aromatic heterocycles. The van der Waals surface area contributed by atoms with E-state index in [1.165, 1.54) is 0 Å². The second-order valence-corrected chi connectivity index (χ2v) is 6.33. The summed E-state index contributed by atoms with van der Waals surface area (Å²) >= 11 is 0. The minimum Gasteiger partial charge on any atom is -0.508 e. The third-order valence-corrected chi connectivity index (χ3v) is 4.39. The van der Waals surface area contributed by atoms with Crippen LogP contribution >= 0.6 is 0 Å². The summed E-state index contributed by atoms with van der Waals surface area (Å²) in [6.07, 6.45) is -17.9. The summed E-state index contributed by atoms with van der Waals surface area (Å²) in [4.78, 5) is 0. The average molecular weight is 438 g/mol. The van der Waals surface area contributed by atoms with Crippen molar-refractivity contribution in [1.82, 2.24) is 0 Å². The second-order valence-electron chi connectivity index (χ2n) is 6.33. The van der Waals surface area contributed by atoms with E-state index in [2.05, 4.69) is 0 Å². The summed E-state index contributed by atoms with van der Waals surface area (Å²) in [5.74, 6) is -3.14. The minimum atomic E-state index is -6.32. The first kappa shape index (κ1) is 22.9. The van der Waals surface area contributed by atoms with Crippen molar-refractivity contribution in [3.63, 3.8) is 0 Å². The van der Waals surface area contributed by atoms with Gasteiger partial charge in [-0.15, -0.1) is 0 Å². The third-order valence-electron chi connectivity index (χ3n) is 4.39. The van der Waals surface area contributed by atoms with Crippen LogP contribution in [0.1, 0.15) is 18.1 Å². The first-order chi connectivity index (χ1) is 12.8.